The highest BCUT2D eigenvalue weighted by Crippen LogP contribution is 2.31. The molecule has 0 N–H and O–H groups in total. The molecule has 3 aromatic carbocycles. The Labute approximate surface area is 214 Å². The third kappa shape index (κ3) is 5.46. The van der Waals surface area contributed by atoms with Gasteiger partial charge in [-0.15, -0.1) is 0 Å². The van der Waals surface area contributed by atoms with E-state index in [1.165, 1.54) is 0 Å². The van der Waals surface area contributed by atoms with E-state index in [0.29, 0.717) is 12.1 Å². The molecule has 4 aromatic rings. The Bertz CT molecular complexity index is 1360. The number of imidazole rings is 1. The summed E-state index contributed by atoms with van der Waals surface area (Å²) in [6.45, 7) is 10.6. The van der Waals surface area contributed by atoms with Gasteiger partial charge in [0.25, 0.3) is 0 Å². The topological polar surface area (TPSA) is 53.4 Å². The largest absolute Gasteiger partial charge is 0.494 e. The monoisotopic (exact) mass is 484 g/mol. The van der Waals surface area contributed by atoms with Gasteiger partial charge in [0.05, 0.1) is 18.2 Å². The smallest absolute Gasteiger partial charge is 0.339 e. The van der Waals surface area contributed by atoms with Crippen molar-refractivity contribution in [2.45, 2.75) is 66.0 Å². The zero-order valence-electron chi connectivity index (χ0n) is 22.2. The van der Waals surface area contributed by atoms with Crippen LogP contribution in [0.25, 0.3) is 22.2 Å². The molecule has 1 aromatic heterocycles. The summed E-state index contributed by atoms with van der Waals surface area (Å²) in [5.74, 6) is 1.61. The van der Waals surface area contributed by atoms with Crippen molar-refractivity contribution in [1.82, 2.24) is 9.55 Å². The fraction of sp³-hybridized carbons (Fsp3) is 0.355. The number of rotatable bonds is 8. The molecule has 0 aliphatic heterocycles. The van der Waals surface area contributed by atoms with Crippen molar-refractivity contribution < 1.29 is 14.3 Å². The maximum atomic E-state index is 12.8. The van der Waals surface area contributed by atoms with Gasteiger partial charge >= 0.3 is 5.97 Å². The Morgan fingerprint density at radius 3 is 2.39 bits per heavy atom. The number of fused-ring (bicyclic) bond motifs is 1. The van der Waals surface area contributed by atoms with Gasteiger partial charge in [0, 0.05) is 13.0 Å². The van der Waals surface area contributed by atoms with Crippen LogP contribution in [-0.2, 0) is 17.7 Å². The third-order valence-corrected chi connectivity index (χ3v) is 6.26. The zero-order valence-corrected chi connectivity index (χ0v) is 22.2. The number of methoxy groups -OCH3 is 1. The predicted molar refractivity (Wildman–Crippen MR) is 146 cm³/mol. The molecule has 188 valence electrons. The normalized spacial score (nSPS) is 11.6. The van der Waals surface area contributed by atoms with Crippen molar-refractivity contribution in [3.8, 4) is 16.9 Å². The minimum Gasteiger partial charge on any atom is -0.494 e. The van der Waals surface area contributed by atoms with Gasteiger partial charge in [-0.2, -0.15) is 0 Å². The first-order valence-electron chi connectivity index (χ1n) is 12.7. The second kappa shape index (κ2) is 10.6. The fourth-order valence-electron chi connectivity index (χ4n) is 4.46. The molecule has 5 heteroatoms. The highest BCUT2D eigenvalue weighted by Gasteiger charge is 2.21. The number of aromatic nitrogens is 2. The number of aryl methyl sites for hydroxylation is 2. The number of hydrogen-bond acceptors (Lipinski definition) is 4. The minimum atomic E-state index is -0.545. The van der Waals surface area contributed by atoms with E-state index in [1.807, 2.05) is 51.1 Å². The molecule has 1 heterocycles. The standard InChI is InChI=1S/C31H36N2O3/c1-7-8-13-27-32-28-21(2)14-19-26(35-6)29(28)33(27)20-22-15-17-23(18-16-22)24-11-9-10-12-25(24)30(34)36-31(3,4)5/h9-12,14-19H,7-8,13,20H2,1-6H3. The lowest BCUT2D eigenvalue weighted by Crippen LogP contribution is -2.24. The van der Waals surface area contributed by atoms with Gasteiger partial charge in [0.15, 0.2) is 0 Å². The Morgan fingerprint density at radius 1 is 1.00 bits per heavy atom. The Hall–Kier alpha value is -3.60. The molecule has 0 bridgehead atoms. The van der Waals surface area contributed by atoms with E-state index in [-0.39, 0.29) is 5.97 Å². The number of unbranched alkanes of at least 4 members (excludes halogenated alkanes) is 1. The maximum absolute atomic E-state index is 12.8. The quantitative estimate of drug-likeness (QED) is 0.245. The molecule has 0 fully saturated rings. The molecule has 0 unspecified atom stereocenters. The van der Waals surface area contributed by atoms with E-state index in [4.69, 9.17) is 14.5 Å². The zero-order chi connectivity index (χ0) is 25.9. The van der Waals surface area contributed by atoms with E-state index in [0.717, 1.165) is 64.1 Å². The molecule has 0 radical (unpaired) electrons. The highest BCUT2D eigenvalue weighted by atomic mass is 16.6. The average Bonchev–Trinajstić information content (AvgIpc) is 3.21. The van der Waals surface area contributed by atoms with Gasteiger partial charge in [-0.3, -0.25) is 0 Å². The maximum Gasteiger partial charge on any atom is 0.339 e. The molecule has 0 saturated heterocycles. The van der Waals surface area contributed by atoms with Crippen LogP contribution in [0.4, 0.5) is 0 Å². The van der Waals surface area contributed by atoms with Crippen LogP contribution < -0.4 is 4.74 Å². The van der Waals surface area contributed by atoms with E-state index in [1.54, 1.807) is 7.11 Å². The SMILES string of the molecule is CCCCc1nc2c(C)ccc(OC)c2n1Cc1ccc(-c2ccccc2C(=O)OC(C)(C)C)cc1. The number of nitrogens with zero attached hydrogens (tertiary/aromatic N) is 2. The number of carbonyl (C=O) groups excluding carboxylic acids is 1. The average molecular weight is 485 g/mol. The lowest BCUT2D eigenvalue weighted by atomic mass is 9.98. The highest BCUT2D eigenvalue weighted by molar-refractivity contribution is 5.97. The number of hydrogen-bond donors (Lipinski definition) is 0. The number of carbonyl (C=O) groups is 1. The molecule has 0 aliphatic carbocycles. The molecule has 0 atom stereocenters. The second-order valence-electron chi connectivity index (χ2n) is 10.2. The summed E-state index contributed by atoms with van der Waals surface area (Å²) >= 11 is 0. The van der Waals surface area contributed by atoms with Crippen LogP contribution in [0.3, 0.4) is 0 Å². The summed E-state index contributed by atoms with van der Waals surface area (Å²) in [5, 5.41) is 0. The van der Waals surface area contributed by atoms with Crippen molar-refractivity contribution in [3.63, 3.8) is 0 Å². The second-order valence-corrected chi connectivity index (χ2v) is 10.2. The number of esters is 1. The third-order valence-electron chi connectivity index (χ3n) is 6.26. The molecule has 5 nitrogen and oxygen atoms in total. The van der Waals surface area contributed by atoms with Gasteiger partial charge < -0.3 is 14.0 Å². The molecular formula is C31H36N2O3. The first kappa shape index (κ1) is 25.5. The van der Waals surface area contributed by atoms with Crippen LogP contribution in [0.15, 0.2) is 60.7 Å². The lowest BCUT2D eigenvalue weighted by molar-refractivity contribution is 0.00704. The lowest BCUT2D eigenvalue weighted by Gasteiger charge is -2.20. The van der Waals surface area contributed by atoms with Crippen LogP contribution in [-0.4, -0.2) is 28.2 Å². The summed E-state index contributed by atoms with van der Waals surface area (Å²) in [7, 11) is 1.71. The summed E-state index contributed by atoms with van der Waals surface area (Å²) in [6.07, 6.45) is 3.13. The fourth-order valence-corrected chi connectivity index (χ4v) is 4.46. The van der Waals surface area contributed by atoms with E-state index in [9.17, 15) is 4.79 Å². The molecule has 0 amide bonds. The van der Waals surface area contributed by atoms with Crippen molar-refractivity contribution >= 4 is 17.0 Å². The summed E-state index contributed by atoms with van der Waals surface area (Å²) in [4.78, 5) is 17.8. The van der Waals surface area contributed by atoms with E-state index < -0.39 is 5.60 Å². The van der Waals surface area contributed by atoms with Gasteiger partial charge in [-0.25, -0.2) is 9.78 Å². The Balaban J connectivity index is 1.69. The Kier molecular flexibility index (Phi) is 7.48. The molecular weight excluding hydrogens is 448 g/mol. The summed E-state index contributed by atoms with van der Waals surface area (Å²) in [6, 6.07) is 20.1. The van der Waals surface area contributed by atoms with Crippen molar-refractivity contribution in [2.75, 3.05) is 7.11 Å². The number of ether oxygens (including phenoxy) is 2. The number of benzene rings is 3. The minimum absolute atomic E-state index is 0.310. The summed E-state index contributed by atoms with van der Waals surface area (Å²) in [5.41, 5.74) is 6.23. The van der Waals surface area contributed by atoms with E-state index >= 15 is 0 Å². The first-order valence-corrected chi connectivity index (χ1v) is 12.7. The van der Waals surface area contributed by atoms with E-state index in [2.05, 4.69) is 48.7 Å². The van der Waals surface area contributed by atoms with Gasteiger partial charge in [0.2, 0.25) is 0 Å². The Morgan fingerprint density at radius 2 is 1.72 bits per heavy atom. The molecule has 4 rings (SSSR count). The molecule has 0 aliphatic rings. The molecule has 0 saturated carbocycles. The molecule has 0 spiro atoms. The van der Waals surface area contributed by atoms with Crippen LogP contribution in [0.5, 0.6) is 5.75 Å². The van der Waals surface area contributed by atoms with Crippen LogP contribution >= 0.6 is 0 Å². The van der Waals surface area contributed by atoms with Gasteiger partial charge in [0.1, 0.15) is 22.7 Å². The predicted octanol–water partition coefficient (Wildman–Crippen LogP) is 7.37. The first-order chi connectivity index (χ1) is 17.2. The van der Waals surface area contributed by atoms with Crippen molar-refractivity contribution in [2.24, 2.45) is 0 Å². The molecule has 36 heavy (non-hydrogen) atoms. The van der Waals surface area contributed by atoms with Gasteiger partial charge in [-0.1, -0.05) is 61.9 Å². The van der Waals surface area contributed by atoms with Crippen molar-refractivity contribution in [3.05, 3.63) is 83.2 Å². The summed E-state index contributed by atoms with van der Waals surface area (Å²) < 4.78 is 13.6. The van der Waals surface area contributed by atoms with Crippen LogP contribution in [0, 0.1) is 6.92 Å². The van der Waals surface area contributed by atoms with Crippen LogP contribution in [0.2, 0.25) is 0 Å². The van der Waals surface area contributed by atoms with Gasteiger partial charge in [-0.05, 0) is 68.5 Å². The van der Waals surface area contributed by atoms with Crippen LogP contribution in [0.1, 0.15) is 67.8 Å². The van der Waals surface area contributed by atoms with Crippen molar-refractivity contribution in [1.29, 1.82) is 0 Å².